The van der Waals surface area contributed by atoms with Gasteiger partial charge < -0.3 is 9.88 Å². The minimum Gasteiger partial charge on any atom is -0.352 e. The van der Waals surface area contributed by atoms with Crippen LogP contribution in [-0.2, 0) is 13.0 Å². The fourth-order valence-electron chi connectivity index (χ4n) is 2.32. The van der Waals surface area contributed by atoms with Gasteiger partial charge in [-0.1, -0.05) is 12.1 Å². The summed E-state index contributed by atoms with van der Waals surface area (Å²) in [5.74, 6) is 1.03. The molecule has 3 rings (SSSR count). The van der Waals surface area contributed by atoms with E-state index in [-0.39, 0.29) is 5.91 Å². The molecular formula is C14H15N3O. The normalized spacial score (nSPS) is 14.2. The predicted octanol–water partition coefficient (Wildman–Crippen LogP) is 1.53. The third-order valence-electron chi connectivity index (χ3n) is 3.38. The van der Waals surface area contributed by atoms with E-state index in [1.165, 1.54) is 0 Å². The van der Waals surface area contributed by atoms with Gasteiger partial charge in [0, 0.05) is 31.0 Å². The summed E-state index contributed by atoms with van der Waals surface area (Å²) in [5, 5.41) is 2.88. The van der Waals surface area contributed by atoms with E-state index in [0.717, 1.165) is 42.0 Å². The first-order valence-electron chi connectivity index (χ1n) is 6.12. The summed E-state index contributed by atoms with van der Waals surface area (Å²) in [6.45, 7) is 3.48. The highest BCUT2D eigenvalue weighted by atomic mass is 16.1. The lowest BCUT2D eigenvalue weighted by Gasteiger charge is -2.17. The molecule has 0 saturated carbocycles. The Balaban J connectivity index is 1.92. The number of carbonyl (C=O) groups excluding carboxylic acids is 1. The minimum absolute atomic E-state index is 0.0421. The van der Waals surface area contributed by atoms with E-state index >= 15 is 0 Å². The van der Waals surface area contributed by atoms with Crippen molar-refractivity contribution >= 4 is 5.91 Å². The van der Waals surface area contributed by atoms with E-state index in [9.17, 15) is 4.79 Å². The second-order valence-electron chi connectivity index (χ2n) is 4.60. The van der Waals surface area contributed by atoms with Gasteiger partial charge in [-0.15, -0.1) is 0 Å². The Morgan fingerprint density at radius 2 is 2.33 bits per heavy atom. The molecule has 0 fully saturated rings. The van der Waals surface area contributed by atoms with Gasteiger partial charge in [-0.05, 0) is 30.5 Å². The van der Waals surface area contributed by atoms with Crippen molar-refractivity contribution in [2.45, 2.75) is 19.9 Å². The average molecular weight is 241 g/mol. The molecule has 1 aliphatic heterocycles. The van der Waals surface area contributed by atoms with Crippen molar-refractivity contribution in [2.75, 3.05) is 6.54 Å². The Morgan fingerprint density at radius 3 is 3.11 bits per heavy atom. The van der Waals surface area contributed by atoms with Crippen molar-refractivity contribution in [2.24, 2.45) is 0 Å². The maximum atomic E-state index is 11.8. The monoisotopic (exact) mass is 241 g/mol. The number of hydrogen-bond donors (Lipinski definition) is 1. The number of nitrogens with one attached hydrogen (secondary N) is 1. The zero-order valence-electron chi connectivity index (χ0n) is 10.3. The van der Waals surface area contributed by atoms with Crippen LogP contribution in [0.5, 0.6) is 0 Å². The first-order chi connectivity index (χ1) is 8.74. The molecule has 2 aromatic rings. The number of rotatable bonds is 2. The van der Waals surface area contributed by atoms with E-state index in [2.05, 4.69) is 27.0 Å². The molecule has 0 unspecified atom stereocenters. The molecule has 18 heavy (non-hydrogen) atoms. The number of nitrogens with zero attached hydrogens (tertiary/aromatic N) is 2. The second-order valence-corrected chi connectivity index (χ2v) is 4.60. The lowest BCUT2D eigenvalue weighted by molar-refractivity contribution is 0.0946. The molecule has 1 amide bonds. The molecular weight excluding hydrogens is 226 g/mol. The van der Waals surface area contributed by atoms with Crippen LogP contribution in [0.1, 0.15) is 27.3 Å². The molecule has 1 aromatic heterocycles. The largest absolute Gasteiger partial charge is 0.352 e. The molecule has 0 bridgehead atoms. The second kappa shape index (κ2) is 4.29. The summed E-state index contributed by atoms with van der Waals surface area (Å²) >= 11 is 0. The summed E-state index contributed by atoms with van der Waals surface area (Å²) in [6, 6.07) is 6.15. The van der Waals surface area contributed by atoms with Crippen LogP contribution in [0.3, 0.4) is 0 Å². The number of benzene rings is 1. The van der Waals surface area contributed by atoms with Gasteiger partial charge in [0.05, 0.1) is 0 Å². The molecule has 0 spiro atoms. The highest BCUT2D eigenvalue weighted by Crippen LogP contribution is 2.17. The Kier molecular flexibility index (Phi) is 2.63. The van der Waals surface area contributed by atoms with E-state index in [4.69, 9.17) is 0 Å². The van der Waals surface area contributed by atoms with Crippen molar-refractivity contribution in [3.05, 3.63) is 53.1 Å². The number of fused-ring (bicyclic) bond motifs is 1. The summed E-state index contributed by atoms with van der Waals surface area (Å²) in [5.41, 5.74) is 3.09. The Labute approximate surface area is 106 Å². The summed E-state index contributed by atoms with van der Waals surface area (Å²) in [7, 11) is 0. The third kappa shape index (κ3) is 1.90. The van der Waals surface area contributed by atoms with Gasteiger partial charge in [-0.25, -0.2) is 4.98 Å². The number of carbonyl (C=O) groups is 1. The Bertz CT molecular complexity index is 601. The fraction of sp³-hybridized carbons (Fsp3) is 0.286. The Hall–Kier alpha value is -2.10. The summed E-state index contributed by atoms with van der Waals surface area (Å²) in [4.78, 5) is 16.0. The van der Waals surface area contributed by atoms with E-state index in [0.29, 0.717) is 0 Å². The standard InChI is InChI=1S/C14H15N3O/c1-10-15-6-7-17(10)9-11-2-3-12-4-5-16-14(18)13(12)8-11/h2-3,6-8H,4-5,9H2,1H3,(H,16,18). The van der Waals surface area contributed by atoms with Gasteiger partial charge in [-0.2, -0.15) is 0 Å². The van der Waals surface area contributed by atoms with Crippen LogP contribution < -0.4 is 5.32 Å². The third-order valence-corrected chi connectivity index (χ3v) is 3.38. The van der Waals surface area contributed by atoms with Gasteiger partial charge in [0.2, 0.25) is 0 Å². The van der Waals surface area contributed by atoms with Gasteiger partial charge in [-0.3, -0.25) is 4.79 Å². The highest BCUT2D eigenvalue weighted by Gasteiger charge is 2.16. The Morgan fingerprint density at radius 1 is 1.44 bits per heavy atom. The molecule has 1 aliphatic rings. The maximum Gasteiger partial charge on any atom is 0.251 e. The fourth-order valence-corrected chi connectivity index (χ4v) is 2.32. The maximum absolute atomic E-state index is 11.8. The quantitative estimate of drug-likeness (QED) is 0.866. The van der Waals surface area contributed by atoms with Crippen molar-refractivity contribution in [3.63, 3.8) is 0 Å². The first-order valence-corrected chi connectivity index (χ1v) is 6.12. The molecule has 2 heterocycles. The average Bonchev–Trinajstić information content (AvgIpc) is 2.76. The topological polar surface area (TPSA) is 46.9 Å². The number of aromatic nitrogens is 2. The molecule has 1 aromatic carbocycles. The number of aryl methyl sites for hydroxylation is 1. The first kappa shape index (κ1) is 11.0. The highest BCUT2D eigenvalue weighted by molar-refractivity contribution is 5.96. The molecule has 92 valence electrons. The van der Waals surface area contributed by atoms with Crippen LogP contribution in [0, 0.1) is 6.92 Å². The molecule has 1 N–H and O–H groups in total. The van der Waals surface area contributed by atoms with Gasteiger partial charge >= 0.3 is 0 Å². The zero-order chi connectivity index (χ0) is 12.5. The predicted molar refractivity (Wildman–Crippen MR) is 68.5 cm³/mol. The molecule has 0 radical (unpaired) electrons. The van der Waals surface area contributed by atoms with Crippen molar-refractivity contribution in [3.8, 4) is 0 Å². The lowest BCUT2D eigenvalue weighted by atomic mass is 9.98. The molecule has 0 saturated heterocycles. The molecule has 0 aliphatic carbocycles. The minimum atomic E-state index is 0.0421. The van der Waals surface area contributed by atoms with Gasteiger partial charge in [0.25, 0.3) is 5.91 Å². The van der Waals surface area contributed by atoms with E-state index in [1.54, 1.807) is 6.20 Å². The van der Waals surface area contributed by atoms with Crippen LogP contribution in [0.15, 0.2) is 30.6 Å². The summed E-state index contributed by atoms with van der Waals surface area (Å²) in [6.07, 6.45) is 4.67. The van der Waals surface area contributed by atoms with Crippen LogP contribution in [0.4, 0.5) is 0 Å². The lowest BCUT2D eigenvalue weighted by Crippen LogP contribution is -2.31. The SMILES string of the molecule is Cc1nccn1Cc1ccc2c(c1)C(=O)NCC2. The molecule has 4 heteroatoms. The number of amides is 1. The van der Waals surface area contributed by atoms with Gasteiger partial charge in [0.15, 0.2) is 0 Å². The van der Waals surface area contributed by atoms with Crippen LogP contribution in [0.2, 0.25) is 0 Å². The van der Waals surface area contributed by atoms with Crippen LogP contribution in [-0.4, -0.2) is 22.0 Å². The summed E-state index contributed by atoms with van der Waals surface area (Å²) < 4.78 is 2.07. The van der Waals surface area contributed by atoms with Crippen molar-refractivity contribution in [1.82, 2.24) is 14.9 Å². The zero-order valence-corrected chi connectivity index (χ0v) is 10.3. The number of hydrogen-bond acceptors (Lipinski definition) is 2. The number of imidazole rings is 1. The van der Waals surface area contributed by atoms with Crippen molar-refractivity contribution < 1.29 is 4.79 Å². The molecule has 4 nitrogen and oxygen atoms in total. The van der Waals surface area contributed by atoms with Crippen molar-refractivity contribution in [1.29, 1.82) is 0 Å². The van der Waals surface area contributed by atoms with Crippen LogP contribution in [0.25, 0.3) is 0 Å². The van der Waals surface area contributed by atoms with Gasteiger partial charge in [0.1, 0.15) is 5.82 Å². The van der Waals surface area contributed by atoms with Crippen LogP contribution >= 0.6 is 0 Å². The van der Waals surface area contributed by atoms with E-state index in [1.807, 2.05) is 19.2 Å². The molecule has 0 atom stereocenters. The van der Waals surface area contributed by atoms with E-state index < -0.39 is 0 Å². The smallest absolute Gasteiger partial charge is 0.251 e.